The Balaban J connectivity index is 1.69. The fraction of sp³-hybridized carbons (Fsp3) is 0.500. The van der Waals surface area contributed by atoms with Crippen molar-refractivity contribution >= 4 is 23.4 Å². The van der Waals surface area contributed by atoms with Gasteiger partial charge in [-0.2, -0.15) is 0 Å². The first-order valence-electron chi connectivity index (χ1n) is 7.49. The van der Waals surface area contributed by atoms with Crippen LogP contribution in [0.25, 0.3) is 0 Å². The Morgan fingerprint density at radius 2 is 2.00 bits per heavy atom. The van der Waals surface area contributed by atoms with Crippen LogP contribution < -0.4 is 0 Å². The first-order chi connectivity index (χ1) is 10.5. The Bertz CT molecular complexity index is 575. The van der Waals surface area contributed by atoms with Crippen LogP contribution in [-0.2, 0) is 20.9 Å². The second-order valence-electron chi connectivity index (χ2n) is 5.84. The summed E-state index contributed by atoms with van der Waals surface area (Å²) in [6.45, 7) is 4.29. The van der Waals surface area contributed by atoms with Crippen LogP contribution in [0.1, 0.15) is 18.9 Å². The van der Waals surface area contributed by atoms with Crippen molar-refractivity contribution in [3.63, 3.8) is 0 Å². The summed E-state index contributed by atoms with van der Waals surface area (Å²) in [5, 5.41) is 0.642. The van der Waals surface area contributed by atoms with E-state index in [1.807, 2.05) is 19.1 Å². The number of imide groups is 1. The van der Waals surface area contributed by atoms with Crippen LogP contribution in [-0.4, -0.2) is 53.5 Å². The van der Waals surface area contributed by atoms with Gasteiger partial charge in [0.05, 0.1) is 31.7 Å². The maximum atomic E-state index is 12.6. The minimum atomic E-state index is -0.342. The average molecular weight is 323 g/mol. The standard InChI is InChI=1S/C16H19ClN2O3/c1-11-9-18(6-7-22-11)14-8-15(20)19(16(14)21)10-12-2-4-13(17)5-3-12/h2-5,11,14H,6-10H2,1H3/t11-,14-/m0/s1. The summed E-state index contributed by atoms with van der Waals surface area (Å²) >= 11 is 5.86. The van der Waals surface area contributed by atoms with Gasteiger partial charge in [-0.15, -0.1) is 0 Å². The maximum Gasteiger partial charge on any atom is 0.247 e. The molecular formula is C16H19ClN2O3. The number of carbonyl (C=O) groups excluding carboxylic acids is 2. The van der Waals surface area contributed by atoms with Gasteiger partial charge in [0, 0.05) is 18.1 Å². The molecule has 0 radical (unpaired) electrons. The van der Waals surface area contributed by atoms with Gasteiger partial charge in [0.25, 0.3) is 0 Å². The number of benzene rings is 1. The molecule has 2 aliphatic rings. The molecule has 0 spiro atoms. The number of hydrogen-bond donors (Lipinski definition) is 0. The van der Waals surface area contributed by atoms with Gasteiger partial charge in [-0.05, 0) is 24.6 Å². The second-order valence-corrected chi connectivity index (χ2v) is 6.28. The van der Waals surface area contributed by atoms with Gasteiger partial charge in [0.15, 0.2) is 0 Å². The number of rotatable bonds is 3. The molecule has 1 aromatic rings. The second kappa shape index (κ2) is 6.36. The van der Waals surface area contributed by atoms with E-state index in [1.54, 1.807) is 12.1 Å². The fourth-order valence-corrected chi connectivity index (χ4v) is 3.14. The molecule has 0 aliphatic carbocycles. The van der Waals surface area contributed by atoms with E-state index in [0.29, 0.717) is 31.3 Å². The smallest absolute Gasteiger partial charge is 0.247 e. The third-order valence-electron chi connectivity index (χ3n) is 4.19. The highest BCUT2D eigenvalue weighted by molar-refractivity contribution is 6.30. The molecule has 6 heteroatoms. The van der Waals surface area contributed by atoms with E-state index in [0.717, 1.165) is 5.56 Å². The van der Waals surface area contributed by atoms with Crippen molar-refractivity contribution in [2.45, 2.75) is 32.0 Å². The summed E-state index contributed by atoms with van der Waals surface area (Å²) < 4.78 is 5.50. The molecule has 0 saturated carbocycles. The summed E-state index contributed by atoms with van der Waals surface area (Å²) in [6.07, 6.45) is 0.362. The highest BCUT2D eigenvalue weighted by Crippen LogP contribution is 2.23. The maximum absolute atomic E-state index is 12.6. The number of halogens is 1. The highest BCUT2D eigenvalue weighted by Gasteiger charge is 2.42. The van der Waals surface area contributed by atoms with Crippen molar-refractivity contribution in [2.75, 3.05) is 19.7 Å². The van der Waals surface area contributed by atoms with E-state index in [9.17, 15) is 9.59 Å². The Morgan fingerprint density at radius 3 is 2.68 bits per heavy atom. The Hall–Kier alpha value is -1.43. The number of hydrogen-bond acceptors (Lipinski definition) is 4. The van der Waals surface area contributed by atoms with Crippen molar-refractivity contribution in [3.8, 4) is 0 Å². The van der Waals surface area contributed by atoms with Gasteiger partial charge in [0.1, 0.15) is 0 Å². The zero-order valence-electron chi connectivity index (χ0n) is 12.5. The van der Waals surface area contributed by atoms with E-state index in [4.69, 9.17) is 16.3 Å². The molecule has 2 atom stereocenters. The largest absolute Gasteiger partial charge is 0.376 e. The molecule has 0 N–H and O–H groups in total. The molecule has 5 nitrogen and oxygen atoms in total. The lowest BCUT2D eigenvalue weighted by atomic mass is 10.1. The molecule has 0 aromatic heterocycles. The van der Waals surface area contributed by atoms with E-state index in [1.165, 1.54) is 4.90 Å². The quantitative estimate of drug-likeness (QED) is 0.795. The molecule has 2 fully saturated rings. The van der Waals surface area contributed by atoms with Crippen molar-refractivity contribution in [2.24, 2.45) is 0 Å². The highest BCUT2D eigenvalue weighted by atomic mass is 35.5. The van der Waals surface area contributed by atoms with Crippen molar-refractivity contribution in [1.29, 1.82) is 0 Å². The lowest BCUT2D eigenvalue weighted by molar-refractivity contribution is -0.141. The van der Waals surface area contributed by atoms with E-state index >= 15 is 0 Å². The predicted octanol–water partition coefficient (Wildman–Crippen LogP) is 1.69. The van der Waals surface area contributed by atoms with Crippen molar-refractivity contribution in [3.05, 3.63) is 34.9 Å². The molecular weight excluding hydrogens is 304 g/mol. The Kier molecular flexibility index (Phi) is 4.47. The molecule has 22 heavy (non-hydrogen) atoms. The number of ether oxygens (including phenoxy) is 1. The zero-order valence-corrected chi connectivity index (χ0v) is 13.3. The summed E-state index contributed by atoms with van der Waals surface area (Å²) in [7, 11) is 0. The topological polar surface area (TPSA) is 49.9 Å². The van der Waals surface area contributed by atoms with E-state index in [2.05, 4.69) is 4.90 Å². The van der Waals surface area contributed by atoms with E-state index in [-0.39, 0.29) is 30.4 Å². The van der Waals surface area contributed by atoms with Crippen LogP contribution in [0.5, 0.6) is 0 Å². The number of carbonyl (C=O) groups is 2. The minimum absolute atomic E-state index is 0.0990. The molecule has 1 aromatic carbocycles. The molecule has 2 amide bonds. The Labute approximate surface area is 134 Å². The zero-order chi connectivity index (χ0) is 15.7. The van der Waals surface area contributed by atoms with Crippen LogP contribution in [0.4, 0.5) is 0 Å². The van der Waals surface area contributed by atoms with Crippen LogP contribution in [0, 0.1) is 0 Å². The summed E-state index contributed by atoms with van der Waals surface area (Å²) in [4.78, 5) is 28.2. The average Bonchev–Trinajstić information content (AvgIpc) is 2.77. The van der Waals surface area contributed by atoms with Crippen LogP contribution in [0.15, 0.2) is 24.3 Å². The SMILES string of the molecule is C[C@H]1CN([C@H]2CC(=O)N(Cc3ccc(Cl)cc3)C2=O)CCO1. The van der Waals surface area contributed by atoms with Gasteiger partial charge in [-0.1, -0.05) is 23.7 Å². The lowest BCUT2D eigenvalue weighted by Crippen LogP contribution is -2.49. The number of amides is 2. The molecule has 3 rings (SSSR count). The first kappa shape index (κ1) is 15.5. The summed E-state index contributed by atoms with van der Waals surface area (Å²) in [5.41, 5.74) is 0.905. The van der Waals surface area contributed by atoms with Crippen LogP contribution in [0.3, 0.4) is 0 Å². The third-order valence-corrected chi connectivity index (χ3v) is 4.44. The third kappa shape index (κ3) is 3.16. The molecule has 2 aliphatic heterocycles. The van der Waals surface area contributed by atoms with Gasteiger partial charge in [-0.25, -0.2) is 0 Å². The fourth-order valence-electron chi connectivity index (χ4n) is 3.02. The monoisotopic (exact) mass is 322 g/mol. The van der Waals surface area contributed by atoms with E-state index < -0.39 is 0 Å². The molecule has 0 unspecified atom stereocenters. The molecule has 2 heterocycles. The molecule has 2 saturated heterocycles. The van der Waals surface area contributed by atoms with Crippen molar-refractivity contribution < 1.29 is 14.3 Å². The van der Waals surface area contributed by atoms with Gasteiger partial charge < -0.3 is 4.74 Å². The van der Waals surface area contributed by atoms with Crippen molar-refractivity contribution in [1.82, 2.24) is 9.80 Å². The van der Waals surface area contributed by atoms with Gasteiger partial charge in [0.2, 0.25) is 11.8 Å². The van der Waals surface area contributed by atoms with Crippen LogP contribution >= 0.6 is 11.6 Å². The first-order valence-corrected chi connectivity index (χ1v) is 7.86. The normalized spacial score (nSPS) is 26.7. The number of nitrogens with zero attached hydrogens (tertiary/aromatic N) is 2. The lowest BCUT2D eigenvalue weighted by Gasteiger charge is -2.34. The molecule has 118 valence electrons. The Morgan fingerprint density at radius 1 is 1.27 bits per heavy atom. The van der Waals surface area contributed by atoms with Gasteiger partial charge in [-0.3, -0.25) is 19.4 Å². The van der Waals surface area contributed by atoms with Crippen LogP contribution in [0.2, 0.25) is 5.02 Å². The minimum Gasteiger partial charge on any atom is -0.376 e. The molecule has 0 bridgehead atoms. The summed E-state index contributed by atoms with van der Waals surface area (Å²) in [6, 6.07) is 6.87. The number of morpholine rings is 1. The number of likely N-dealkylation sites (tertiary alicyclic amines) is 1. The predicted molar refractivity (Wildman–Crippen MR) is 82.4 cm³/mol. The summed E-state index contributed by atoms with van der Waals surface area (Å²) in [5.74, 6) is -0.210. The van der Waals surface area contributed by atoms with Gasteiger partial charge >= 0.3 is 0 Å².